The van der Waals surface area contributed by atoms with Crippen LogP contribution in [-0.4, -0.2) is 30.0 Å². The zero-order chi connectivity index (χ0) is 20.1. The predicted octanol–water partition coefficient (Wildman–Crippen LogP) is 4.47. The minimum absolute atomic E-state index is 0.0205. The molecule has 0 atom stereocenters. The molecule has 0 spiro atoms. The van der Waals surface area contributed by atoms with E-state index in [1.54, 1.807) is 11.3 Å². The molecule has 3 rings (SSSR count). The summed E-state index contributed by atoms with van der Waals surface area (Å²) in [4.78, 5) is 23.9. The molecule has 0 saturated heterocycles. The maximum atomic E-state index is 12.2. The SMILES string of the molecule is Cc1cc(NCc2ccc(NC(=O)Cc3cc(Br)cs3)cc2)nc(N(C)C)n1. The van der Waals surface area contributed by atoms with Crippen molar-refractivity contribution in [1.29, 1.82) is 0 Å². The lowest BCUT2D eigenvalue weighted by Gasteiger charge is -2.13. The predicted molar refractivity (Wildman–Crippen MR) is 119 cm³/mol. The summed E-state index contributed by atoms with van der Waals surface area (Å²) in [5, 5.41) is 8.24. The van der Waals surface area contributed by atoms with Gasteiger partial charge in [0, 0.05) is 52.8 Å². The first-order valence-electron chi connectivity index (χ1n) is 8.77. The van der Waals surface area contributed by atoms with Crippen molar-refractivity contribution >= 4 is 50.6 Å². The zero-order valence-corrected chi connectivity index (χ0v) is 18.4. The number of hydrogen-bond acceptors (Lipinski definition) is 6. The lowest BCUT2D eigenvalue weighted by atomic mass is 10.2. The molecule has 3 aromatic rings. The van der Waals surface area contributed by atoms with Crippen LogP contribution in [-0.2, 0) is 17.8 Å². The monoisotopic (exact) mass is 459 g/mol. The summed E-state index contributed by atoms with van der Waals surface area (Å²) in [5.41, 5.74) is 2.80. The Bertz CT molecular complexity index is 955. The number of amides is 1. The Morgan fingerprint density at radius 2 is 1.93 bits per heavy atom. The van der Waals surface area contributed by atoms with Crippen molar-refractivity contribution in [3.8, 4) is 0 Å². The van der Waals surface area contributed by atoms with Crippen LogP contribution < -0.4 is 15.5 Å². The van der Waals surface area contributed by atoms with Crippen LogP contribution >= 0.6 is 27.3 Å². The van der Waals surface area contributed by atoms with Gasteiger partial charge in [-0.2, -0.15) is 4.98 Å². The third-order valence-electron chi connectivity index (χ3n) is 3.91. The molecule has 6 nitrogen and oxygen atoms in total. The highest BCUT2D eigenvalue weighted by Gasteiger charge is 2.07. The van der Waals surface area contributed by atoms with Crippen molar-refractivity contribution in [2.24, 2.45) is 0 Å². The first-order valence-corrected chi connectivity index (χ1v) is 10.4. The smallest absolute Gasteiger partial charge is 0.229 e. The van der Waals surface area contributed by atoms with Gasteiger partial charge in [0.1, 0.15) is 5.82 Å². The lowest BCUT2D eigenvalue weighted by molar-refractivity contribution is -0.115. The van der Waals surface area contributed by atoms with Gasteiger partial charge in [-0.3, -0.25) is 4.79 Å². The normalized spacial score (nSPS) is 10.6. The van der Waals surface area contributed by atoms with Gasteiger partial charge in [-0.25, -0.2) is 4.98 Å². The van der Waals surface area contributed by atoms with Gasteiger partial charge in [-0.15, -0.1) is 11.3 Å². The Balaban J connectivity index is 1.55. The highest BCUT2D eigenvalue weighted by Crippen LogP contribution is 2.21. The quantitative estimate of drug-likeness (QED) is 0.545. The molecule has 0 radical (unpaired) electrons. The second kappa shape index (κ2) is 9.16. The summed E-state index contributed by atoms with van der Waals surface area (Å²) in [6.07, 6.45) is 0.376. The maximum Gasteiger partial charge on any atom is 0.229 e. The van der Waals surface area contributed by atoms with Crippen LogP contribution in [0.4, 0.5) is 17.5 Å². The second-order valence-electron chi connectivity index (χ2n) is 6.60. The molecule has 28 heavy (non-hydrogen) atoms. The molecule has 2 aromatic heterocycles. The second-order valence-corrected chi connectivity index (χ2v) is 8.51. The zero-order valence-electron chi connectivity index (χ0n) is 16.0. The number of thiophene rings is 1. The van der Waals surface area contributed by atoms with E-state index in [0.717, 1.165) is 32.1 Å². The summed E-state index contributed by atoms with van der Waals surface area (Å²) in [7, 11) is 3.84. The van der Waals surface area contributed by atoms with Gasteiger partial charge in [0.05, 0.1) is 6.42 Å². The number of aryl methyl sites for hydroxylation is 1. The molecular weight excluding hydrogens is 438 g/mol. The lowest BCUT2D eigenvalue weighted by Crippen LogP contribution is -2.15. The van der Waals surface area contributed by atoms with Crippen LogP contribution in [0.3, 0.4) is 0 Å². The van der Waals surface area contributed by atoms with Crippen LogP contribution in [0, 0.1) is 6.92 Å². The van der Waals surface area contributed by atoms with E-state index in [-0.39, 0.29) is 5.91 Å². The minimum Gasteiger partial charge on any atom is -0.366 e. The largest absolute Gasteiger partial charge is 0.366 e. The number of halogens is 1. The number of carbonyl (C=O) groups is 1. The highest BCUT2D eigenvalue weighted by atomic mass is 79.9. The number of benzene rings is 1. The van der Waals surface area contributed by atoms with Crippen molar-refractivity contribution in [2.45, 2.75) is 19.9 Å². The van der Waals surface area contributed by atoms with E-state index in [0.29, 0.717) is 18.9 Å². The van der Waals surface area contributed by atoms with Gasteiger partial charge < -0.3 is 15.5 Å². The fraction of sp³-hybridized carbons (Fsp3) is 0.250. The van der Waals surface area contributed by atoms with Gasteiger partial charge in [-0.1, -0.05) is 12.1 Å². The molecule has 0 aliphatic carbocycles. The number of nitrogens with one attached hydrogen (secondary N) is 2. The highest BCUT2D eigenvalue weighted by molar-refractivity contribution is 9.10. The molecule has 146 valence electrons. The van der Waals surface area contributed by atoms with E-state index >= 15 is 0 Å². The van der Waals surface area contributed by atoms with Crippen LogP contribution in [0.1, 0.15) is 16.1 Å². The van der Waals surface area contributed by atoms with Crippen molar-refractivity contribution in [2.75, 3.05) is 29.6 Å². The number of hydrogen-bond donors (Lipinski definition) is 2. The number of anilines is 3. The fourth-order valence-electron chi connectivity index (χ4n) is 2.55. The van der Waals surface area contributed by atoms with E-state index in [1.165, 1.54) is 0 Å². The average molecular weight is 460 g/mol. The van der Waals surface area contributed by atoms with E-state index < -0.39 is 0 Å². The van der Waals surface area contributed by atoms with Crippen LogP contribution in [0.15, 0.2) is 46.3 Å². The molecule has 0 bridgehead atoms. The van der Waals surface area contributed by atoms with Gasteiger partial charge in [0.2, 0.25) is 11.9 Å². The molecule has 0 unspecified atom stereocenters. The number of carbonyl (C=O) groups excluding carboxylic acids is 1. The Hall–Kier alpha value is -2.45. The standard InChI is InChI=1S/C20H22BrN5OS/c1-13-8-18(25-20(23-13)26(2)3)22-11-14-4-6-16(7-5-14)24-19(27)10-17-9-15(21)12-28-17/h4-9,12H,10-11H2,1-3H3,(H,24,27)(H,22,23,25). The van der Waals surface area contributed by atoms with Crippen molar-refractivity contribution in [3.05, 3.63) is 62.4 Å². The third kappa shape index (κ3) is 5.77. The first-order chi connectivity index (χ1) is 13.4. The molecule has 1 aromatic carbocycles. The summed E-state index contributed by atoms with van der Waals surface area (Å²) < 4.78 is 1.01. The number of nitrogens with zero attached hydrogens (tertiary/aromatic N) is 3. The van der Waals surface area contributed by atoms with E-state index in [1.807, 2.05) is 67.7 Å². The van der Waals surface area contributed by atoms with E-state index in [2.05, 4.69) is 36.5 Å². The molecule has 2 heterocycles. The topological polar surface area (TPSA) is 70.2 Å². The van der Waals surface area contributed by atoms with E-state index in [9.17, 15) is 4.79 Å². The molecule has 0 aliphatic heterocycles. The Labute approximate surface area is 177 Å². The molecule has 0 aliphatic rings. The Kier molecular flexibility index (Phi) is 6.64. The van der Waals surface area contributed by atoms with Gasteiger partial charge >= 0.3 is 0 Å². The van der Waals surface area contributed by atoms with Crippen molar-refractivity contribution in [3.63, 3.8) is 0 Å². The van der Waals surface area contributed by atoms with Crippen LogP contribution in [0.2, 0.25) is 0 Å². The van der Waals surface area contributed by atoms with Gasteiger partial charge in [0.25, 0.3) is 0 Å². The number of aromatic nitrogens is 2. The summed E-state index contributed by atoms with van der Waals surface area (Å²) in [5.74, 6) is 1.45. The van der Waals surface area contributed by atoms with E-state index in [4.69, 9.17) is 0 Å². The fourth-order valence-corrected chi connectivity index (χ4v) is 4.00. The Morgan fingerprint density at radius 3 is 2.57 bits per heavy atom. The average Bonchev–Trinajstić information content (AvgIpc) is 3.05. The molecule has 1 amide bonds. The molecule has 8 heteroatoms. The minimum atomic E-state index is -0.0205. The molecule has 0 fully saturated rings. The molecular formula is C20H22BrN5OS. The Morgan fingerprint density at radius 1 is 1.18 bits per heavy atom. The summed E-state index contributed by atoms with van der Waals surface area (Å²) in [6.45, 7) is 2.59. The first kappa shape index (κ1) is 20.3. The van der Waals surface area contributed by atoms with Gasteiger partial charge in [0.15, 0.2) is 0 Å². The van der Waals surface area contributed by atoms with Crippen LogP contribution in [0.25, 0.3) is 0 Å². The van der Waals surface area contributed by atoms with Crippen molar-refractivity contribution < 1.29 is 4.79 Å². The third-order valence-corrected chi connectivity index (χ3v) is 5.61. The number of rotatable bonds is 7. The van der Waals surface area contributed by atoms with Crippen LogP contribution in [0.5, 0.6) is 0 Å². The van der Waals surface area contributed by atoms with Crippen molar-refractivity contribution in [1.82, 2.24) is 9.97 Å². The summed E-state index contributed by atoms with van der Waals surface area (Å²) >= 11 is 4.98. The maximum absolute atomic E-state index is 12.2. The van der Waals surface area contributed by atoms with Gasteiger partial charge in [-0.05, 0) is 46.6 Å². The molecule has 2 N–H and O–H groups in total. The summed E-state index contributed by atoms with van der Waals surface area (Å²) in [6, 6.07) is 11.7. The molecule has 0 saturated carbocycles.